The molecule has 0 fully saturated rings. The molecule has 2 N–H and O–H groups in total. The van der Waals surface area contributed by atoms with Crippen LogP contribution in [0.3, 0.4) is 0 Å². The van der Waals surface area contributed by atoms with Gasteiger partial charge in [-0.05, 0) is 36.6 Å². The average Bonchev–Trinajstić information content (AvgIpc) is 3.10. The van der Waals surface area contributed by atoms with Gasteiger partial charge in [-0.25, -0.2) is 0 Å². The van der Waals surface area contributed by atoms with Crippen molar-refractivity contribution in [2.24, 2.45) is 5.92 Å². The van der Waals surface area contributed by atoms with E-state index in [1.807, 2.05) is 54.6 Å². The Morgan fingerprint density at radius 3 is 2.44 bits per heavy atom. The molecule has 130 valence electrons. The van der Waals surface area contributed by atoms with Crippen LogP contribution < -0.4 is 10.1 Å². The summed E-state index contributed by atoms with van der Waals surface area (Å²) in [5.74, 6) is 0.643. The first kappa shape index (κ1) is 17.2. The van der Waals surface area contributed by atoms with Gasteiger partial charge in [0.15, 0.2) is 6.10 Å². The first-order valence-electron chi connectivity index (χ1n) is 8.57. The minimum Gasteiger partial charge on any atom is -0.481 e. The SMILES string of the molecule is CC(Oc1ccc(-c2ccccc2)cc1)C(=O)N[C@@H]1C=C[C@H](CO)C1. The maximum atomic E-state index is 12.3. The Morgan fingerprint density at radius 2 is 1.80 bits per heavy atom. The molecule has 1 aliphatic rings. The van der Waals surface area contributed by atoms with Crippen molar-refractivity contribution in [3.8, 4) is 16.9 Å². The van der Waals surface area contributed by atoms with Gasteiger partial charge in [0, 0.05) is 18.6 Å². The predicted octanol–water partition coefficient (Wildman–Crippen LogP) is 3.17. The van der Waals surface area contributed by atoms with E-state index >= 15 is 0 Å². The van der Waals surface area contributed by atoms with Gasteiger partial charge in [-0.1, -0.05) is 54.6 Å². The number of hydrogen-bond donors (Lipinski definition) is 2. The second-order valence-corrected chi connectivity index (χ2v) is 6.33. The lowest BCUT2D eigenvalue weighted by Gasteiger charge is -2.18. The Bertz CT molecular complexity index is 725. The van der Waals surface area contributed by atoms with Gasteiger partial charge in [-0.3, -0.25) is 4.79 Å². The number of benzene rings is 2. The number of aliphatic hydroxyl groups excluding tert-OH is 1. The lowest BCUT2D eigenvalue weighted by Crippen LogP contribution is -2.41. The molecule has 3 rings (SSSR count). The van der Waals surface area contributed by atoms with Crippen molar-refractivity contribution in [2.45, 2.75) is 25.5 Å². The molecule has 4 heteroatoms. The van der Waals surface area contributed by atoms with Crippen LogP contribution in [-0.4, -0.2) is 29.8 Å². The van der Waals surface area contributed by atoms with Gasteiger partial charge in [-0.15, -0.1) is 0 Å². The molecular formula is C21H23NO3. The number of nitrogens with one attached hydrogen (secondary N) is 1. The van der Waals surface area contributed by atoms with E-state index in [4.69, 9.17) is 9.84 Å². The molecule has 1 amide bonds. The summed E-state index contributed by atoms with van der Waals surface area (Å²) in [5.41, 5.74) is 2.25. The Hall–Kier alpha value is -2.59. The van der Waals surface area contributed by atoms with Gasteiger partial charge in [-0.2, -0.15) is 0 Å². The van der Waals surface area contributed by atoms with Crippen LogP contribution in [0.2, 0.25) is 0 Å². The summed E-state index contributed by atoms with van der Waals surface area (Å²) in [6.07, 6.45) is 4.03. The molecule has 0 saturated heterocycles. The topological polar surface area (TPSA) is 58.6 Å². The number of hydrogen-bond acceptors (Lipinski definition) is 3. The van der Waals surface area contributed by atoms with Gasteiger partial charge in [0.25, 0.3) is 5.91 Å². The van der Waals surface area contributed by atoms with E-state index in [1.54, 1.807) is 6.92 Å². The smallest absolute Gasteiger partial charge is 0.261 e. The van der Waals surface area contributed by atoms with Crippen molar-refractivity contribution in [1.29, 1.82) is 0 Å². The molecule has 25 heavy (non-hydrogen) atoms. The zero-order valence-electron chi connectivity index (χ0n) is 14.3. The van der Waals surface area contributed by atoms with Gasteiger partial charge in [0.2, 0.25) is 0 Å². The van der Waals surface area contributed by atoms with E-state index in [9.17, 15) is 4.79 Å². The fourth-order valence-electron chi connectivity index (χ4n) is 2.93. The third kappa shape index (κ3) is 4.48. The Kier molecular flexibility index (Phi) is 5.51. The number of carbonyl (C=O) groups is 1. The van der Waals surface area contributed by atoms with Crippen LogP contribution in [0.4, 0.5) is 0 Å². The van der Waals surface area contributed by atoms with Crippen LogP contribution in [0.5, 0.6) is 5.75 Å². The third-order valence-electron chi connectivity index (χ3n) is 4.38. The van der Waals surface area contributed by atoms with Crippen molar-refractivity contribution in [1.82, 2.24) is 5.32 Å². The first-order chi connectivity index (χ1) is 12.2. The highest BCUT2D eigenvalue weighted by atomic mass is 16.5. The van der Waals surface area contributed by atoms with Crippen LogP contribution >= 0.6 is 0 Å². The maximum absolute atomic E-state index is 12.3. The quantitative estimate of drug-likeness (QED) is 0.796. The van der Waals surface area contributed by atoms with Crippen LogP contribution in [0.1, 0.15) is 13.3 Å². The zero-order valence-corrected chi connectivity index (χ0v) is 14.3. The van der Waals surface area contributed by atoms with Crippen molar-refractivity contribution in [3.05, 3.63) is 66.7 Å². The van der Waals surface area contributed by atoms with Gasteiger partial charge in [0.1, 0.15) is 5.75 Å². The summed E-state index contributed by atoms with van der Waals surface area (Å²) in [5, 5.41) is 12.1. The van der Waals surface area contributed by atoms with Crippen LogP contribution in [-0.2, 0) is 4.79 Å². The van der Waals surface area contributed by atoms with Gasteiger partial charge >= 0.3 is 0 Å². The van der Waals surface area contributed by atoms with E-state index in [-0.39, 0.29) is 24.5 Å². The van der Waals surface area contributed by atoms with E-state index in [2.05, 4.69) is 17.4 Å². The van der Waals surface area contributed by atoms with Gasteiger partial charge < -0.3 is 15.2 Å². The molecule has 0 spiro atoms. The molecule has 0 radical (unpaired) electrons. The fraction of sp³-hybridized carbons (Fsp3) is 0.286. The Balaban J connectivity index is 1.55. The second-order valence-electron chi connectivity index (χ2n) is 6.33. The molecule has 0 bridgehead atoms. The number of ether oxygens (including phenoxy) is 1. The lowest BCUT2D eigenvalue weighted by atomic mass is 10.1. The molecular weight excluding hydrogens is 314 g/mol. The number of rotatable bonds is 6. The second kappa shape index (κ2) is 7.99. The van der Waals surface area contributed by atoms with Crippen LogP contribution in [0, 0.1) is 5.92 Å². The molecule has 2 aromatic rings. The van der Waals surface area contributed by atoms with E-state index in [0.29, 0.717) is 5.75 Å². The molecule has 0 aliphatic heterocycles. The van der Waals surface area contributed by atoms with E-state index in [0.717, 1.165) is 17.5 Å². The molecule has 1 aliphatic carbocycles. The van der Waals surface area contributed by atoms with E-state index in [1.165, 1.54) is 0 Å². The summed E-state index contributed by atoms with van der Waals surface area (Å²) in [7, 11) is 0. The number of aliphatic hydroxyl groups is 1. The molecule has 2 aromatic carbocycles. The minimum atomic E-state index is -0.579. The maximum Gasteiger partial charge on any atom is 0.261 e. The molecule has 1 unspecified atom stereocenters. The van der Waals surface area contributed by atoms with Gasteiger partial charge in [0.05, 0.1) is 0 Å². The summed E-state index contributed by atoms with van der Waals surface area (Å²) in [6, 6.07) is 17.8. The monoisotopic (exact) mass is 337 g/mol. The summed E-state index contributed by atoms with van der Waals surface area (Å²) < 4.78 is 5.74. The van der Waals surface area contributed by atoms with Crippen LogP contribution in [0.25, 0.3) is 11.1 Å². The summed E-state index contributed by atoms with van der Waals surface area (Å²) >= 11 is 0. The normalized spacial score (nSPS) is 20.2. The Labute approximate surface area is 148 Å². The molecule has 4 nitrogen and oxygen atoms in total. The highest BCUT2D eigenvalue weighted by Gasteiger charge is 2.23. The molecule has 0 saturated carbocycles. The largest absolute Gasteiger partial charge is 0.481 e. The lowest BCUT2D eigenvalue weighted by molar-refractivity contribution is -0.127. The predicted molar refractivity (Wildman–Crippen MR) is 98.2 cm³/mol. The number of amides is 1. The van der Waals surface area contributed by atoms with E-state index < -0.39 is 6.10 Å². The van der Waals surface area contributed by atoms with Crippen molar-refractivity contribution in [3.63, 3.8) is 0 Å². The summed E-state index contributed by atoms with van der Waals surface area (Å²) in [6.45, 7) is 1.85. The highest BCUT2D eigenvalue weighted by molar-refractivity contribution is 5.81. The third-order valence-corrected chi connectivity index (χ3v) is 4.38. The average molecular weight is 337 g/mol. The van der Waals surface area contributed by atoms with Crippen molar-refractivity contribution in [2.75, 3.05) is 6.61 Å². The minimum absolute atomic E-state index is 0.0313. The molecule has 0 heterocycles. The van der Waals surface area contributed by atoms with Crippen molar-refractivity contribution < 1.29 is 14.6 Å². The highest BCUT2D eigenvalue weighted by Crippen LogP contribution is 2.23. The zero-order chi connectivity index (χ0) is 17.6. The fourth-order valence-corrected chi connectivity index (χ4v) is 2.93. The molecule has 0 aromatic heterocycles. The Morgan fingerprint density at radius 1 is 1.12 bits per heavy atom. The standard InChI is InChI=1S/C21H23NO3/c1-15(21(24)22-19-10-7-16(13-19)14-23)25-20-11-8-18(9-12-20)17-5-3-2-4-6-17/h2-12,15-16,19,23H,13-14H2,1H3,(H,22,24)/t15?,16-,19+/m0/s1. The number of carbonyl (C=O) groups excluding carboxylic acids is 1. The molecule has 3 atom stereocenters. The first-order valence-corrected chi connectivity index (χ1v) is 8.57. The van der Waals surface area contributed by atoms with Crippen molar-refractivity contribution >= 4 is 5.91 Å². The van der Waals surface area contributed by atoms with Crippen LogP contribution in [0.15, 0.2) is 66.7 Å². The summed E-state index contributed by atoms with van der Waals surface area (Å²) in [4.78, 5) is 12.3.